The molecule has 2 aliphatic heterocycles. The topological polar surface area (TPSA) is 45.5 Å². The summed E-state index contributed by atoms with van der Waals surface area (Å²) in [6.07, 6.45) is 10.2. The molecule has 1 N–H and O–H groups in total. The second-order valence-corrected chi connectivity index (χ2v) is 7.58. The Morgan fingerprint density at radius 2 is 2.00 bits per heavy atom. The van der Waals surface area contributed by atoms with E-state index in [1.807, 2.05) is 0 Å². The molecule has 0 fully saturated rings. The quantitative estimate of drug-likeness (QED) is 0.378. The van der Waals surface area contributed by atoms with Crippen LogP contribution in [-0.2, 0) is 19.4 Å². The van der Waals surface area contributed by atoms with Crippen molar-refractivity contribution in [2.24, 2.45) is 4.99 Å². The van der Waals surface area contributed by atoms with Crippen molar-refractivity contribution in [3.05, 3.63) is 59.7 Å². The Bertz CT molecular complexity index is 817. The Morgan fingerprint density at radius 3 is 2.72 bits per heavy atom. The molecule has 5 nitrogen and oxygen atoms in total. The minimum Gasteiger partial charge on any atom is -0.357 e. The van der Waals surface area contributed by atoms with Crippen LogP contribution >= 0.6 is 24.0 Å². The van der Waals surface area contributed by atoms with Crippen molar-refractivity contribution in [2.45, 2.75) is 45.6 Å². The summed E-state index contributed by atoms with van der Waals surface area (Å²) in [6.45, 7) is 6.85. The lowest BCUT2D eigenvalue weighted by Gasteiger charge is -2.29. The summed E-state index contributed by atoms with van der Waals surface area (Å²) in [4.78, 5) is 12.0. The number of imidazole rings is 1. The number of aryl methyl sites for hydroxylation is 2. The van der Waals surface area contributed by atoms with Gasteiger partial charge < -0.3 is 14.8 Å². The van der Waals surface area contributed by atoms with Gasteiger partial charge in [-0.15, -0.1) is 24.0 Å². The van der Waals surface area contributed by atoms with E-state index in [2.05, 4.69) is 64.3 Å². The van der Waals surface area contributed by atoms with Gasteiger partial charge in [-0.05, 0) is 37.3 Å². The van der Waals surface area contributed by atoms with Crippen LogP contribution in [0, 0.1) is 0 Å². The molecule has 0 saturated carbocycles. The molecule has 29 heavy (non-hydrogen) atoms. The van der Waals surface area contributed by atoms with E-state index in [0.29, 0.717) is 0 Å². The Kier molecular flexibility index (Phi) is 8.15. The number of aromatic nitrogens is 2. The van der Waals surface area contributed by atoms with Gasteiger partial charge in [0, 0.05) is 51.8 Å². The highest BCUT2D eigenvalue weighted by molar-refractivity contribution is 14.0. The number of nitrogens with zero attached hydrogens (tertiary/aromatic N) is 4. The summed E-state index contributed by atoms with van der Waals surface area (Å²) >= 11 is 0. The third-order valence-corrected chi connectivity index (χ3v) is 5.58. The van der Waals surface area contributed by atoms with Crippen LogP contribution in [0.3, 0.4) is 0 Å². The first-order chi connectivity index (χ1) is 13.8. The molecule has 1 aromatic carbocycles. The Hall–Kier alpha value is -1.83. The Labute approximate surface area is 191 Å². The van der Waals surface area contributed by atoms with E-state index in [1.54, 1.807) is 0 Å². The molecule has 2 aromatic rings. The van der Waals surface area contributed by atoms with E-state index in [4.69, 9.17) is 9.98 Å². The number of fused-ring (bicyclic) bond motifs is 1. The van der Waals surface area contributed by atoms with E-state index in [-0.39, 0.29) is 24.0 Å². The van der Waals surface area contributed by atoms with Crippen LogP contribution in [0.1, 0.15) is 43.3 Å². The molecule has 0 radical (unpaired) electrons. The van der Waals surface area contributed by atoms with Crippen LogP contribution in [0.4, 0.5) is 0 Å². The predicted molar refractivity (Wildman–Crippen MR) is 131 cm³/mol. The van der Waals surface area contributed by atoms with Crippen LogP contribution in [0.15, 0.2) is 47.6 Å². The molecule has 0 saturated heterocycles. The van der Waals surface area contributed by atoms with Crippen LogP contribution in [-0.4, -0.2) is 46.6 Å². The van der Waals surface area contributed by atoms with Crippen molar-refractivity contribution in [3.8, 4) is 0 Å². The minimum absolute atomic E-state index is 0. The Balaban J connectivity index is 0.00000240. The summed E-state index contributed by atoms with van der Waals surface area (Å²) in [5, 5.41) is 3.46. The normalized spacial score (nSPS) is 16.7. The number of guanidine groups is 1. The maximum Gasteiger partial charge on any atom is 0.194 e. The molecule has 2 aliphatic rings. The maximum absolute atomic E-state index is 4.89. The van der Waals surface area contributed by atoms with Crippen molar-refractivity contribution < 1.29 is 0 Å². The SMILES string of the molecule is CCNC(=NCCc1cn2c(n1)CCCC2)N1CC=C(c2ccccc2)CC1.I. The van der Waals surface area contributed by atoms with E-state index in [0.717, 1.165) is 57.9 Å². The Morgan fingerprint density at radius 1 is 1.14 bits per heavy atom. The van der Waals surface area contributed by atoms with Gasteiger partial charge in [0.15, 0.2) is 5.96 Å². The van der Waals surface area contributed by atoms with E-state index >= 15 is 0 Å². The molecule has 156 valence electrons. The van der Waals surface area contributed by atoms with Crippen LogP contribution < -0.4 is 5.32 Å². The van der Waals surface area contributed by atoms with Crippen LogP contribution in [0.5, 0.6) is 0 Å². The average Bonchev–Trinajstić information content (AvgIpc) is 3.17. The lowest BCUT2D eigenvalue weighted by atomic mass is 10.00. The van der Waals surface area contributed by atoms with E-state index < -0.39 is 0 Å². The van der Waals surface area contributed by atoms with Gasteiger partial charge in [0.25, 0.3) is 0 Å². The highest BCUT2D eigenvalue weighted by Crippen LogP contribution is 2.22. The number of hydrogen-bond acceptors (Lipinski definition) is 2. The molecule has 6 heteroatoms. The highest BCUT2D eigenvalue weighted by Gasteiger charge is 2.16. The highest BCUT2D eigenvalue weighted by atomic mass is 127. The molecule has 0 unspecified atom stereocenters. The largest absolute Gasteiger partial charge is 0.357 e. The first-order valence-electron chi connectivity index (χ1n) is 10.7. The van der Waals surface area contributed by atoms with Crippen molar-refractivity contribution >= 4 is 35.5 Å². The molecule has 0 bridgehead atoms. The van der Waals surface area contributed by atoms with Gasteiger partial charge in [-0.25, -0.2) is 4.98 Å². The molecular formula is C23H32IN5. The molecule has 4 rings (SSSR count). The first kappa shape index (κ1) is 21.9. The fraction of sp³-hybridized carbons (Fsp3) is 0.478. The molecule has 0 aliphatic carbocycles. The smallest absolute Gasteiger partial charge is 0.194 e. The fourth-order valence-corrected chi connectivity index (χ4v) is 4.07. The standard InChI is InChI=1S/C23H31N5.HI/c1-2-24-23(25-14-11-21-18-28-15-7-6-10-22(28)26-21)27-16-12-20(13-17-27)19-8-4-3-5-9-19;/h3-5,8-9,12,18H,2,6-7,10-11,13-17H2,1H3,(H,24,25);1H. The lowest BCUT2D eigenvalue weighted by molar-refractivity contribution is 0.440. The van der Waals surface area contributed by atoms with Crippen LogP contribution in [0.25, 0.3) is 5.57 Å². The molecule has 0 spiro atoms. The number of hydrogen-bond donors (Lipinski definition) is 1. The predicted octanol–water partition coefficient (Wildman–Crippen LogP) is 4.13. The lowest BCUT2D eigenvalue weighted by Crippen LogP contribution is -2.43. The summed E-state index contributed by atoms with van der Waals surface area (Å²) in [6, 6.07) is 10.7. The molecule has 1 aromatic heterocycles. The van der Waals surface area contributed by atoms with Crippen molar-refractivity contribution in [1.29, 1.82) is 0 Å². The van der Waals surface area contributed by atoms with Gasteiger partial charge in [0.2, 0.25) is 0 Å². The second kappa shape index (κ2) is 10.8. The number of benzene rings is 1. The summed E-state index contributed by atoms with van der Waals surface area (Å²) in [7, 11) is 0. The van der Waals surface area contributed by atoms with E-state index in [1.165, 1.54) is 35.5 Å². The van der Waals surface area contributed by atoms with Gasteiger partial charge in [-0.3, -0.25) is 4.99 Å². The molecule has 0 atom stereocenters. The number of nitrogens with one attached hydrogen (secondary N) is 1. The monoisotopic (exact) mass is 505 g/mol. The third kappa shape index (κ3) is 5.62. The zero-order chi connectivity index (χ0) is 19.2. The molecular weight excluding hydrogens is 473 g/mol. The van der Waals surface area contributed by atoms with Crippen molar-refractivity contribution in [3.63, 3.8) is 0 Å². The molecule has 0 amide bonds. The van der Waals surface area contributed by atoms with Crippen molar-refractivity contribution in [1.82, 2.24) is 19.8 Å². The third-order valence-electron chi connectivity index (χ3n) is 5.58. The summed E-state index contributed by atoms with van der Waals surface area (Å²) in [5.41, 5.74) is 3.96. The second-order valence-electron chi connectivity index (χ2n) is 7.58. The van der Waals surface area contributed by atoms with Gasteiger partial charge in [0.1, 0.15) is 5.82 Å². The maximum atomic E-state index is 4.89. The van der Waals surface area contributed by atoms with E-state index in [9.17, 15) is 0 Å². The zero-order valence-corrected chi connectivity index (χ0v) is 19.6. The number of aliphatic imine (C=N–C) groups is 1. The average molecular weight is 505 g/mol. The number of halogens is 1. The summed E-state index contributed by atoms with van der Waals surface area (Å²) in [5.74, 6) is 2.28. The number of rotatable bonds is 5. The van der Waals surface area contributed by atoms with Gasteiger partial charge in [0.05, 0.1) is 5.69 Å². The van der Waals surface area contributed by atoms with Gasteiger partial charge >= 0.3 is 0 Å². The van der Waals surface area contributed by atoms with Crippen LogP contribution in [0.2, 0.25) is 0 Å². The fourth-order valence-electron chi connectivity index (χ4n) is 4.07. The van der Waals surface area contributed by atoms with Gasteiger partial charge in [-0.1, -0.05) is 36.4 Å². The van der Waals surface area contributed by atoms with Gasteiger partial charge in [-0.2, -0.15) is 0 Å². The summed E-state index contributed by atoms with van der Waals surface area (Å²) < 4.78 is 2.33. The minimum atomic E-state index is 0. The first-order valence-corrected chi connectivity index (χ1v) is 10.7. The van der Waals surface area contributed by atoms with Crippen molar-refractivity contribution in [2.75, 3.05) is 26.2 Å². The molecule has 3 heterocycles. The zero-order valence-electron chi connectivity index (χ0n) is 17.3.